The van der Waals surface area contributed by atoms with Gasteiger partial charge in [0.1, 0.15) is 5.82 Å². The molecule has 1 N–H and O–H groups in total. The molecule has 1 fully saturated rings. The standard InChI is InChI=1S/C19H25N5O3/c1-14-11-17(20-13-19(23(2)3)7-9-27-10-8-19)22-18(21-14)15-5-4-6-16(12-15)24(25)26/h4-6,11-12H,7-10,13H2,1-3H3,(H,20,21,22). The van der Waals surface area contributed by atoms with Gasteiger partial charge in [0.05, 0.1) is 4.92 Å². The molecule has 0 unspecified atom stereocenters. The number of nitrogens with zero attached hydrogens (tertiary/aromatic N) is 4. The van der Waals surface area contributed by atoms with Gasteiger partial charge >= 0.3 is 0 Å². The van der Waals surface area contributed by atoms with Gasteiger partial charge in [-0.1, -0.05) is 12.1 Å². The molecule has 8 nitrogen and oxygen atoms in total. The van der Waals surface area contributed by atoms with Crippen LogP contribution in [0.1, 0.15) is 18.5 Å². The van der Waals surface area contributed by atoms with Crippen molar-refractivity contribution in [2.45, 2.75) is 25.3 Å². The Bertz CT molecular complexity index is 819. The van der Waals surface area contributed by atoms with Gasteiger partial charge in [0.15, 0.2) is 5.82 Å². The summed E-state index contributed by atoms with van der Waals surface area (Å²) in [6.45, 7) is 4.14. The molecule has 1 aliphatic heterocycles. The van der Waals surface area contributed by atoms with E-state index in [4.69, 9.17) is 4.74 Å². The van der Waals surface area contributed by atoms with Crippen LogP contribution in [0.3, 0.4) is 0 Å². The number of anilines is 1. The summed E-state index contributed by atoms with van der Waals surface area (Å²) in [6.07, 6.45) is 1.91. The number of hydrogen-bond donors (Lipinski definition) is 1. The van der Waals surface area contributed by atoms with E-state index >= 15 is 0 Å². The van der Waals surface area contributed by atoms with Crippen LogP contribution in [0, 0.1) is 17.0 Å². The Morgan fingerprint density at radius 1 is 1.26 bits per heavy atom. The van der Waals surface area contributed by atoms with E-state index in [2.05, 4.69) is 34.3 Å². The van der Waals surface area contributed by atoms with Gasteiger partial charge in [-0.25, -0.2) is 9.97 Å². The number of nitrogens with one attached hydrogen (secondary N) is 1. The van der Waals surface area contributed by atoms with E-state index in [1.54, 1.807) is 12.1 Å². The molecule has 0 atom stereocenters. The van der Waals surface area contributed by atoms with Crippen molar-refractivity contribution in [1.82, 2.24) is 14.9 Å². The normalized spacial score (nSPS) is 16.3. The predicted octanol–water partition coefficient (Wildman–Crippen LogP) is 2.88. The van der Waals surface area contributed by atoms with Gasteiger partial charge < -0.3 is 15.0 Å². The molecule has 144 valence electrons. The van der Waals surface area contributed by atoms with Crippen molar-refractivity contribution in [1.29, 1.82) is 0 Å². The summed E-state index contributed by atoms with van der Waals surface area (Å²) in [6, 6.07) is 8.28. The lowest BCUT2D eigenvalue weighted by atomic mass is 9.88. The number of aryl methyl sites for hydroxylation is 1. The van der Waals surface area contributed by atoms with E-state index in [-0.39, 0.29) is 11.2 Å². The molecule has 3 rings (SSSR count). The summed E-state index contributed by atoms with van der Waals surface area (Å²) in [7, 11) is 4.18. The number of ether oxygens (including phenoxy) is 1. The average molecular weight is 371 g/mol. The maximum absolute atomic E-state index is 11.0. The van der Waals surface area contributed by atoms with E-state index in [0.29, 0.717) is 11.4 Å². The third kappa shape index (κ3) is 4.40. The minimum absolute atomic E-state index is 0.0167. The average Bonchev–Trinajstić information content (AvgIpc) is 2.66. The van der Waals surface area contributed by atoms with E-state index in [1.807, 2.05) is 13.0 Å². The molecule has 1 aromatic heterocycles. The Kier molecular flexibility index (Phi) is 5.67. The second kappa shape index (κ2) is 7.98. The summed E-state index contributed by atoms with van der Waals surface area (Å²) < 4.78 is 5.52. The first-order chi connectivity index (χ1) is 12.9. The first-order valence-electron chi connectivity index (χ1n) is 8.99. The highest BCUT2D eigenvalue weighted by molar-refractivity contribution is 5.61. The van der Waals surface area contributed by atoms with Gasteiger partial charge in [0.2, 0.25) is 0 Å². The monoisotopic (exact) mass is 371 g/mol. The Morgan fingerprint density at radius 2 is 2.00 bits per heavy atom. The van der Waals surface area contributed by atoms with Crippen LogP contribution in [-0.2, 0) is 4.74 Å². The molecule has 0 saturated carbocycles. The SMILES string of the molecule is Cc1cc(NCC2(N(C)C)CCOCC2)nc(-c2cccc([N+](=O)[O-])c2)n1. The van der Waals surface area contributed by atoms with Crippen LogP contribution in [0.25, 0.3) is 11.4 Å². The topological polar surface area (TPSA) is 93.4 Å². The number of aromatic nitrogens is 2. The fraction of sp³-hybridized carbons (Fsp3) is 0.474. The first kappa shape index (κ1) is 19.2. The number of likely N-dealkylation sites (N-methyl/N-ethyl adjacent to an activating group) is 1. The summed E-state index contributed by atoms with van der Waals surface area (Å²) >= 11 is 0. The molecule has 1 saturated heterocycles. The number of benzene rings is 1. The van der Waals surface area contributed by atoms with Gasteiger partial charge in [-0.2, -0.15) is 0 Å². The van der Waals surface area contributed by atoms with Crippen molar-refractivity contribution >= 4 is 11.5 Å². The van der Waals surface area contributed by atoms with Gasteiger partial charge in [0, 0.05) is 54.8 Å². The number of hydrogen-bond acceptors (Lipinski definition) is 7. The Balaban J connectivity index is 1.83. The number of nitro benzene ring substituents is 1. The quantitative estimate of drug-likeness (QED) is 0.616. The molecule has 0 aliphatic carbocycles. The summed E-state index contributed by atoms with van der Waals surface area (Å²) in [5.41, 5.74) is 1.48. The Morgan fingerprint density at radius 3 is 2.67 bits per heavy atom. The van der Waals surface area contributed by atoms with E-state index in [1.165, 1.54) is 12.1 Å². The molecule has 8 heteroatoms. The van der Waals surface area contributed by atoms with Crippen LogP contribution >= 0.6 is 0 Å². The molecular weight excluding hydrogens is 346 g/mol. The van der Waals surface area contributed by atoms with Crippen LogP contribution in [0.15, 0.2) is 30.3 Å². The highest BCUT2D eigenvalue weighted by Gasteiger charge is 2.34. The lowest BCUT2D eigenvalue weighted by molar-refractivity contribution is -0.384. The van der Waals surface area contributed by atoms with Gasteiger partial charge in [-0.05, 0) is 33.9 Å². The van der Waals surface area contributed by atoms with E-state index < -0.39 is 4.92 Å². The van der Waals surface area contributed by atoms with Crippen molar-refractivity contribution in [3.63, 3.8) is 0 Å². The van der Waals surface area contributed by atoms with Crippen molar-refractivity contribution in [3.05, 3.63) is 46.1 Å². The molecule has 0 amide bonds. The minimum atomic E-state index is -0.412. The fourth-order valence-corrected chi connectivity index (χ4v) is 3.34. The van der Waals surface area contributed by atoms with Crippen molar-refractivity contribution in [2.75, 3.05) is 39.2 Å². The maximum atomic E-state index is 11.0. The lowest BCUT2D eigenvalue weighted by Crippen LogP contribution is -2.53. The van der Waals surface area contributed by atoms with Crippen molar-refractivity contribution < 1.29 is 9.66 Å². The second-order valence-corrected chi connectivity index (χ2v) is 7.11. The Labute approximate surface area is 158 Å². The van der Waals surface area contributed by atoms with Crippen LogP contribution in [0.4, 0.5) is 11.5 Å². The van der Waals surface area contributed by atoms with Gasteiger partial charge in [-0.3, -0.25) is 10.1 Å². The molecule has 1 aliphatic rings. The highest BCUT2D eigenvalue weighted by atomic mass is 16.6. The smallest absolute Gasteiger partial charge is 0.270 e. The third-order valence-corrected chi connectivity index (χ3v) is 5.14. The Hall–Kier alpha value is -2.58. The number of nitro groups is 1. The molecule has 1 aromatic carbocycles. The van der Waals surface area contributed by atoms with Gasteiger partial charge in [-0.15, -0.1) is 0 Å². The second-order valence-electron chi connectivity index (χ2n) is 7.11. The summed E-state index contributed by atoms with van der Waals surface area (Å²) in [5, 5.41) is 14.5. The van der Waals surface area contributed by atoms with Crippen LogP contribution in [-0.4, -0.2) is 59.2 Å². The first-order valence-corrected chi connectivity index (χ1v) is 8.99. The molecule has 0 radical (unpaired) electrons. The van der Waals surface area contributed by atoms with E-state index in [9.17, 15) is 10.1 Å². The molecule has 2 aromatic rings. The number of non-ortho nitro benzene ring substituents is 1. The summed E-state index contributed by atoms with van der Waals surface area (Å²) in [4.78, 5) is 21.9. The molecule has 0 bridgehead atoms. The zero-order valence-corrected chi connectivity index (χ0v) is 15.9. The van der Waals surface area contributed by atoms with Gasteiger partial charge in [0.25, 0.3) is 5.69 Å². The zero-order chi connectivity index (χ0) is 19.4. The molecule has 0 spiro atoms. The van der Waals surface area contributed by atoms with Crippen molar-refractivity contribution in [2.24, 2.45) is 0 Å². The third-order valence-electron chi connectivity index (χ3n) is 5.14. The maximum Gasteiger partial charge on any atom is 0.270 e. The number of rotatable bonds is 6. The van der Waals surface area contributed by atoms with Crippen LogP contribution in [0.2, 0.25) is 0 Å². The summed E-state index contributed by atoms with van der Waals surface area (Å²) in [5.74, 6) is 1.20. The largest absolute Gasteiger partial charge is 0.381 e. The predicted molar refractivity (Wildman–Crippen MR) is 104 cm³/mol. The minimum Gasteiger partial charge on any atom is -0.381 e. The molecular formula is C19H25N5O3. The zero-order valence-electron chi connectivity index (χ0n) is 15.9. The van der Waals surface area contributed by atoms with Crippen LogP contribution < -0.4 is 5.32 Å². The van der Waals surface area contributed by atoms with Crippen LogP contribution in [0.5, 0.6) is 0 Å². The fourth-order valence-electron chi connectivity index (χ4n) is 3.34. The van der Waals surface area contributed by atoms with E-state index in [0.717, 1.165) is 44.1 Å². The van der Waals surface area contributed by atoms with Crippen molar-refractivity contribution in [3.8, 4) is 11.4 Å². The molecule has 27 heavy (non-hydrogen) atoms. The lowest BCUT2D eigenvalue weighted by Gasteiger charge is -2.43. The highest BCUT2D eigenvalue weighted by Crippen LogP contribution is 2.27. The molecule has 2 heterocycles.